The van der Waals surface area contributed by atoms with Crippen LogP contribution >= 0.6 is 11.3 Å². The summed E-state index contributed by atoms with van der Waals surface area (Å²) in [6.45, 7) is 1.84. The maximum Gasteiger partial charge on any atom is 0.280 e. The molecule has 2 aromatic rings. The number of likely N-dealkylation sites (tertiary alicyclic amines) is 1. The number of nitrogens with two attached hydrogens (primary N) is 2. The molecule has 152 valence electrons. The fourth-order valence-corrected chi connectivity index (χ4v) is 4.09. The van der Waals surface area contributed by atoms with Crippen LogP contribution in [0.4, 0.5) is 5.69 Å². The van der Waals surface area contributed by atoms with E-state index in [1.807, 2.05) is 6.08 Å². The molecule has 0 atom stereocenters. The minimum absolute atomic E-state index is 0.260. The Morgan fingerprint density at radius 2 is 2.17 bits per heavy atom. The van der Waals surface area contributed by atoms with Crippen LogP contribution in [0, 0.1) is 0 Å². The first kappa shape index (κ1) is 19.4. The van der Waals surface area contributed by atoms with Crippen molar-refractivity contribution in [3.63, 3.8) is 0 Å². The van der Waals surface area contributed by atoms with Crippen molar-refractivity contribution >= 4 is 22.9 Å². The maximum atomic E-state index is 12.7. The number of nitrogens with zero attached hydrogens (tertiary/aromatic N) is 3. The number of allylic oxidation sites excluding steroid dienone is 3. The number of hydrogen-bond donors (Lipinski definition) is 3. The van der Waals surface area contributed by atoms with Crippen LogP contribution in [0.25, 0.3) is 0 Å². The Balaban J connectivity index is 1.45. The Hall–Kier alpha value is -2.91. The van der Waals surface area contributed by atoms with Crippen molar-refractivity contribution < 1.29 is 9.53 Å². The lowest BCUT2D eigenvalue weighted by molar-refractivity contribution is 0.0960. The second-order valence-electron chi connectivity index (χ2n) is 7.11. The van der Waals surface area contributed by atoms with Gasteiger partial charge in [0.05, 0.1) is 5.70 Å². The molecular formula is C20H24N6O2S. The highest BCUT2D eigenvalue weighted by molar-refractivity contribution is 7.11. The quantitative estimate of drug-likeness (QED) is 0.690. The average molecular weight is 413 g/mol. The Morgan fingerprint density at radius 3 is 2.97 bits per heavy atom. The SMILES string of the molecule is Nc1ccnc(Oc2nc(C(=O)NC3=C(N4CCC(N)CC4)CCC=C3)cs2)c1. The number of ether oxygens (including phenoxy) is 1. The van der Waals surface area contributed by atoms with Crippen molar-refractivity contribution in [3.8, 4) is 11.1 Å². The molecule has 2 aliphatic rings. The highest BCUT2D eigenvalue weighted by Gasteiger charge is 2.23. The lowest BCUT2D eigenvalue weighted by Crippen LogP contribution is -2.40. The first-order chi connectivity index (χ1) is 14.1. The number of hydrogen-bond acceptors (Lipinski definition) is 8. The van der Waals surface area contributed by atoms with Crippen molar-refractivity contribution in [2.45, 2.75) is 31.7 Å². The number of amides is 1. The predicted molar refractivity (Wildman–Crippen MR) is 112 cm³/mol. The van der Waals surface area contributed by atoms with E-state index in [1.54, 1.807) is 23.7 Å². The molecule has 1 saturated heterocycles. The summed E-state index contributed by atoms with van der Waals surface area (Å²) in [6.07, 6.45) is 9.44. The summed E-state index contributed by atoms with van der Waals surface area (Å²) in [5.41, 5.74) is 14.6. The Morgan fingerprint density at radius 1 is 1.34 bits per heavy atom. The Bertz CT molecular complexity index is 946. The molecule has 0 saturated carbocycles. The number of nitrogen functional groups attached to an aromatic ring is 1. The number of rotatable bonds is 5. The van der Waals surface area contributed by atoms with Gasteiger partial charge < -0.3 is 26.4 Å². The fraction of sp³-hybridized carbons (Fsp3) is 0.350. The third-order valence-corrected chi connectivity index (χ3v) is 5.70. The second kappa shape index (κ2) is 8.62. The molecule has 0 bridgehead atoms. The maximum absolute atomic E-state index is 12.7. The third kappa shape index (κ3) is 4.75. The van der Waals surface area contributed by atoms with Crippen LogP contribution in [-0.4, -0.2) is 39.9 Å². The van der Waals surface area contributed by atoms with Gasteiger partial charge in [0, 0.05) is 48.2 Å². The van der Waals surface area contributed by atoms with E-state index in [-0.39, 0.29) is 11.9 Å². The zero-order valence-electron chi connectivity index (χ0n) is 16.0. The summed E-state index contributed by atoms with van der Waals surface area (Å²) >= 11 is 1.24. The summed E-state index contributed by atoms with van der Waals surface area (Å²) in [5.74, 6) is 0.0826. The third-order valence-electron chi connectivity index (χ3n) is 4.98. The highest BCUT2D eigenvalue weighted by atomic mass is 32.1. The lowest BCUT2D eigenvalue weighted by atomic mass is 10.0. The Labute approximate surface area is 173 Å². The molecule has 0 spiro atoms. The van der Waals surface area contributed by atoms with E-state index in [0.717, 1.165) is 44.5 Å². The van der Waals surface area contributed by atoms with Crippen LogP contribution in [0.2, 0.25) is 0 Å². The molecule has 1 aliphatic carbocycles. The topological polar surface area (TPSA) is 119 Å². The molecule has 29 heavy (non-hydrogen) atoms. The molecule has 1 aliphatic heterocycles. The number of carbonyl (C=O) groups excluding carboxylic acids is 1. The summed E-state index contributed by atoms with van der Waals surface area (Å²) < 4.78 is 5.60. The predicted octanol–water partition coefficient (Wildman–Crippen LogP) is 2.63. The monoisotopic (exact) mass is 412 g/mol. The number of pyridine rings is 1. The molecule has 2 aromatic heterocycles. The van der Waals surface area contributed by atoms with Crippen molar-refractivity contribution in [1.29, 1.82) is 0 Å². The summed E-state index contributed by atoms with van der Waals surface area (Å²) in [6, 6.07) is 3.55. The van der Waals surface area contributed by atoms with Gasteiger partial charge in [-0.3, -0.25) is 4.79 Å². The second-order valence-corrected chi connectivity index (χ2v) is 7.93. The van der Waals surface area contributed by atoms with Crippen LogP contribution in [0.3, 0.4) is 0 Å². The number of thiazole rings is 1. The first-order valence-corrected chi connectivity index (χ1v) is 10.5. The van der Waals surface area contributed by atoms with Crippen molar-refractivity contribution in [2.75, 3.05) is 18.8 Å². The van der Waals surface area contributed by atoms with Gasteiger partial charge in [-0.05, 0) is 37.8 Å². The van der Waals surface area contributed by atoms with Crippen LogP contribution < -0.4 is 21.5 Å². The number of anilines is 1. The van der Waals surface area contributed by atoms with E-state index in [0.29, 0.717) is 22.5 Å². The number of piperidine rings is 1. The molecule has 5 N–H and O–H groups in total. The average Bonchev–Trinajstić information content (AvgIpc) is 3.18. The standard InChI is InChI=1S/C20H24N6O2S/c21-13-6-9-26(10-7-13)17-4-2-1-3-15(17)24-19(27)16-12-29-20(25-16)28-18-11-14(22)5-8-23-18/h1,3,5,8,11-13H,2,4,6-7,9-10,21H2,(H2,22,23)(H,24,27). The summed E-state index contributed by atoms with van der Waals surface area (Å²) in [7, 11) is 0. The summed E-state index contributed by atoms with van der Waals surface area (Å²) in [5, 5.41) is 5.02. The highest BCUT2D eigenvalue weighted by Crippen LogP contribution is 2.27. The van der Waals surface area contributed by atoms with Gasteiger partial charge in [0.15, 0.2) is 0 Å². The zero-order valence-corrected chi connectivity index (χ0v) is 16.8. The lowest BCUT2D eigenvalue weighted by Gasteiger charge is -2.35. The van der Waals surface area contributed by atoms with Crippen molar-refractivity contribution in [1.82, 2.24) is 20.2 Å². The van der Waals surface area contributed by atoms with Crippen LogP contribution in [0.1, 0.15) is 36.2 Å². The van der Waals surface area contributed by atoms with Gasteiger partial charge in [-0.1, -0.05) is 17.4 Å². The molecule has 9 heteroatoms. The van der Waals surface area contributed by atoms with Crippen molar-refractivity contribution in [3.05, 3.63) is 52.9 Å². The van der Waals surface area contributed by atoms with Gasteiger partial charge >= 0.3 is 0 Å². The van der Waals surface area contributed by atoms with Crippen LogP contribution in [0.15, 0.2) is 47.3 Å². The molecule has 0 unspecified atom stereocenters. The minimum Gasteiger partial charge on any atom is -0.412 e. The zero-order chi connectivity index (χ0) is 20.2. The van der Waals surface area contributed by atoms with E-state index >= 15 is 0 Å². The van der Waals surface area contributed by atoms with Gasteiger partial charge in [-0.2, -0.15) is 4.98 Å². The van der Waals surface area contributed by atoms with E-state index in [9.17, 15) is 4.79 Å². The van der Waals surface area contributed by atoms with E-state index in [2.05, 4.69) is 26.3 Å². The molecule has 0 aromatic carbocycles. The van der Waals surface area contributed by atoms with Gasteiger partial charge in [0.2, 0.25) is 5.88 Å². The molecule has 8 nitrogen and oxygen atoms in total. The minimum atomic E-state index is -0.260. The Kier molecular flexibility index (Phi) is 5.77. The first-order valence-electron chi connectivity index (χ1n) is 9.65. The number of nitrogens with one attached hydrogen (secondary N) is 1. The van der Waals surface area contributed by atoms with E-state index < -0.39 is 0 Å². The van der Waals surface area contributed by atoms with Crippen LogP contribution in [-0.2, 0) is 0 Å². The van der Waals surface area contributed by atoms with E-state index in [4.69, 9.17) is 16.2 Å². The van der Waals surface area contributed by atoms with Crippen LogP contribution in [0.5, 0.6) is 11.1 Å². The molecule has 4 rings (SSSR count). The van der Waals surface area contributed by atoms with Gasteiger partial charge in [0.25, 0.3) is 11.1 Å². The fourth-order valence-electron chi connectivity index (χ4n) is 3.43. The molecule has 1 fully saturated rings. The van der Waals surface area contributed by atoms with Gasteiger partial charge in [-0.15, -0.1) is 0 Å². The van der Waals surface area contributed by atoms with Gasteiger partial charge in [-0.25, -0.2) is 4.98 Å². The number of aromatic nitrogens is 2. The smallest absolute Gasteiger partial charge is 0.280 e. The van der Waals surface area contributed by atoms with E-state index in [1.165, 1.54) is 17.0 Å². The largest absolute Gasteiger partial charge is 0.412 e. The van der Waals surface area contributed by atoms with Gasteiger partial charge in [0.1, 0.15) is 5.69 Å². The molecular weight excluding hydrogens is 388 g/mol. The van der Waals surface area contributed by atoms with Crippen molar-refractivity contribution in [2.24, 2.45) is 5.73 Å². The normalized spacial score (nSPS) is 17.5. The molecule has 3 heterocycles. The summed E-state index contributed by atoms with van der Waals surface area (Å²) in [4.78, 5) is 23.4. The molecule has 0 radical (unpaired) electrons. The molecule has 1 amide bonds. The number of carbonyl (C=O) groups is 1.